The van der Waals surface area contributed by atoms with Gasteiger partial charge in [-0.25, -0.2) is 19.3 Å². The van der Waals surface area contributed by atoms with Crippen molar-refractivity contribution in [2.75, 3.05) is 6.54 Å². The number of amides is 3. The first-order valence-corrected chi connectivity index (χ1v) is 5.60. The van der Waals surface area contributed by atoms with Crippen molar-refractivity contribution >= 4 is 18.1 Å². The molecule has 1 saturated heterocycles. The average Bonchev–Trinajstić information content (AvgIpc) is 2.79. The summed E-state index contributed by atoms with van der Waals surface area (Å²) in [6, 6.07) is 6.91. The fourth-order valence-corrected chi connectivity index (χ4v) is 1.70. The molecule has 20 heavy (non-hydrogen) atoms. The van der Waals surface area contributed by atoms with Gasteiger partial charge in [0.1, 0.15) is 6.61 Å². The number of rotatable bonds is 3. The van der Waals surface area contributed by atoms with Gasteiger partial charge in [-0.05, 0) is 5.56 Å². The molecule has 108 valence electrons. The Bertz CT molecular complexity index is 504. The molecule has 1 atom stereocenters. The Morgan fingerprint density at radius 1 is 1.35 bits per heavy atom. The van der Waals surface area contributed by atoms with Crippen molar-refractivity contribution in [1.29, 1.82) is 0 Å². The summed E-state index contributed by atoms with van der Waals surface area (Å²) >= 11 is 0. The molecule has 1 aliphatic heterocycles. The van der Waals surface area contributed by atoms with E-state index >= 15 is 0 Å². The SMILES string of the molecule is O.O=C(O)C1CNC(=O)N1C(=O)OCc1ccccc1. The van der Waals surface area contributed by atoms with Gasteiger partial charge in [0.25, 0.3) is 0 Å². The number of urea groups is 1. The van der Waals surface area contributed by atoms with Gasteiger partial charge >= 0.3 is 18.1 Å². The van der Waals surface area contributed by atoms with Crippen LogP contribution >= 0.6 is 0 Å². The van der Waals surface area contributed by atoms with Crippen LogP contribution in [0.1, 0.15) is 5.56 Å². The van der Waals surface area contributed by atoms with E-state index in [0.29, 0.717) is 4.90 Å². The zero-order valence-electron chi connectivity index (χ0n) is 10.4. The number of hydrogen-bond acceptors (Lipinski definition) is 4. The van der Waals surface area contributed by atoms with Crippen LogP contribution in [-0.4, -0.2) is 46.2 Å². The number of nitrogens with one attached hydrogen (secondary N) is 1. The number of hydrogen-bond donors (Lipinski definition) is 2. The van der Waals surface area contributed by atoms with Gasteiger partial charge in [-0.3, -0.25) is 0 Å². The summed E-state index contributed by atoms with van der Waals surface area (Å²) < 4.78 is 4.93. The Labute approximate surface area is 114 Å². The molecule has 1 heterocycles. The Morgan fingerprint density at radius 3 is 2.60 bits per heavy atom. The highest BCUT2D eigenvalue weighted by Crippen LogP contribution is 2.11. The number of carbonyl (C=O) groups is 3. The molecule has 1 aromatic rings. The first-order chi connectivity index (χ1) is 9.09. The monoisotopic (exact) mass is 282 g/mol. The molecule has 0 radical (unpaired) electrons. The van der Waals surface area contributed by atoms with Gasteiger partial charge in [0.15, 0.2) is 6.04 Å². The van der Waals surface area contributed by atoms with Gasteiger partial charge in [-0.1, -0.05) is 30.3 Å². The molecular formula is C12H14N2O6. The fourth-order valence-electron chi connectivity index (χ4n) is 1.70. The third kappa shape index (κ3) is 3.23. The maximum atomic E-state index is 11.7. The highest BCUT2D eigenvalue weighted by molar-refractivity contribution is 5.98. The van der Waals surface area contributed by atoms with E-state index in [1.807, 2.05) is 6.07 Å². The molecule has 0 spiro atoms. The number of carboxylic acid groups (broad SMARTS) is 1. The third-order valence-electron chi connectivity index (χ3n) is 2.66. The minimum Gasteiger partial charge on any atom is -0.480 e. The van der Waals surface area contributed by atoms with E-state index < -0.39 is 24.1 Å². The second kappa shape index (κ2) is 6.53. The minimum absolute atomic E-state index is 0. The van der Waals surface area contributed by atoms with Crippen LogP contribution in [0, 0.1) is 0 Å². The van der Waals surface area contributed by atoms with Crippen molar-refractivity contribution < 1.29 is 29.7 Å². The van der Waals surface area contributed by atoms with Gasteiger partial charge in [-0.15, -0.1) is 0 Å². The molecule has 4 N–H and O–H groups in total. The maximum Gasteiger partial charge on any atom is 0.419 e. The summed E-state index contributed by atoms with van der Waals surface area (Å²) in [7, 11) is 0. The zero-order valence-corrected chi connectivity index (χ0v) is 10.4. The van der Waals surface area contributed by atoms with Gasteiger partial charge in [0, 0.05) is 0 Å². The number of imide groups is 1. The van der Waals surface area contributed by atoms with E-state index in [9.17, 15) is 14.4 Å². The molecule has 8 nitrogen and oxygen atoms in total. The summed E-state index contributed by atoms with van der Waals surface area (Å²) in [5, 5.41) is 11.2. The molecule has 3 amide bonds. The van der Waals surface area contributed by atoms with Crippen molar-refractivity contribution in [3.8, 4) is 0 Å². The van der Waals surface area contributed by atoms with Crippen LogP contribution in [-0.2, 0) is 16.1 Å². The lowest BCUT2D eigenvalue weighted by Gasteiger charge is -2.17. The molecule has 1 aliphatic rings. The van der Waals surface area contributed by atoms with Crippen LogP contribution in [0.3, 0.4) is 0 Å². The molecule has 0 aliphatic carbocycles. The second-order valence-corrected chi connectivity index (χ2v) is 3.95. The van der Waals surface area contributed by atoms with E-state index in [4.69, 9.17) is 9.84 Å². The Kier molecular flexibility index (Phi) is 5.04. The number of carboxylic acids is 1. The van der Waals surface area contributed by atoms with Crippen molar-refractivity contribution in [3.63, 3.8) is 0 Å². The maximum absolute atomic E-state index is 11.7. The summed E-state index contributed by atoms with van der Waals surface area (Å²) in [6.07, 6.45) is -0.966. The van der Waals surface area contributed by atoms with E-state index in [1.54, 1.807) is 24.3 Å². The second-order valence-electron chi connectivity index (χ2n) is 3.95. The summed E-state index contributed by atoms with van der Waals surface area (Å²) in [5.41, 5.74) is 0.752. The summed E-state index contributed by atoms with van der Waals surface area (Å²) in [4.78, 5) is 34.6. The summed E-state index contributed by atoms with van der Waals surface area (Å²) in [5.74, 6) is -1.25. The highest BCUT2D eigenvalue weighted by atomic mass is 16.6. The standard InChI is InChI=1S/C12H12N2O5.H2O/c15-10(16)9-6-13-11(17)14(9)12(18)19-7-8-4-2-1-3-5-8;/h1-5,9H,6-7H2,(H,13,17)(H,15,16);1H2. The largest absolute Gasteiger partial charge is 0.480 e. The quantitative estimate of drug-likeness (QED) is 0.805. The smallest absolute Gasteiger partial charge is 0.419 e. The van der Waals surface area contributed by atoms with E-state index in [0.717, 1.165) is 5.56 Å². The normalized spacial score (nSPS) is 17.1. The lowest BCUT2D eigenvalue weighted by molar-refractivity contribution is -0.140. The van der Waals surface area contributed by atoms with Crippen LogP contribution < -0.4 is 5.32 Å². The van der Waals surface area contributed by atoms with Crippen molar-refractivity contribution in [2.24, 2.45) is 0 Å². The summed E-state index contributed by atoms with van der Waals surface area (Å²) in [6.45, 7) is -0.135. The van der Waals surface area contributed by atoms with Crippen molar-refractivity contribution in [2.45, 2.75) is 12.6 Å². The van der Waals surface area contributed by atoms with Crippen LogP contribution in [0.2, 0.25) is 0 Å². The highest BCUT2D eigenvalue weighted by Gasteiger charge is 2.41. The molecule has 1 aromatic carbocycles. The van der Waals surface area contributed by atoms with Gasteiger partial charge in [0.2, 0.25) is 0 Å². The fraction of sp³-hybridized carbons (Fsp3) is 0.250. The molecule has 0 aromatic heterocycles. The first kappa shape index (κ1) is 15.4. The number of aliphatic carboxylic acids is 1. The van der Waals surface area contributed by atoms with E-state index in [-0.39, 0.29) is 18.6 Å². The molecule has 1 fully saturated rings. The van der Waals surface area contributed by atoms with Crippen LogP contribution in [0.15, 0.2) is 30.3 Å². The van der Waals surface area contributed by atoms with E-state index in [1.165, 1.54) is 0 Å². The Balaban J connectivity index is 0.00000200. The minimum atomic E-state index is -1.25. The number of benzene rings is 1. The zero-order chi connectivity index (χ0) is 13.8. The van der Waals surface area contributed by atoms with E-state index in [2.05, 4.69) is 5.32 Å². The topological polar surface area (TPSA) is 127 Å². The average molecular weight is 282 g/mol. The van der Waals surface area contributed by atoms with Crippen LogP contribution in [0.4, 0.5) is 9.59 Å². The van der Waals surface area contributed by atoms with Gasteiger partial charge in [0.05, 0.1) is 6.54 Å². The Morgan fingerprint density at radius 2 is 2.00 bits per heavy atom. The first-order valence-electron chi connectivity index (χ1n) is 5.60. The molecule has 1 unspecified atom stereocenters. The molecule has 0 bridgehead atoms. The van der Waals surface area contributed by atoms with Crippen molar-refractivity contribution in [1.82, 2.24) is 10.2 Å². The molecule has 0 saturated carbocycles. The predicted molar refractivity (Wildman–Crippen MR) is 66.9 cm³/mol. The number of ether oxygens (including phenoxy) is 1. The lowest BCUT2D eigenvalue weighted by atomic mass is 10.2. The van der Waals surface area contributed by atoms with Gasteiger partial charge < -0.3 is 20.6 Å². The van der Waals surface area contributed by atoms with Crippen LogP contribution in [0.5, 0.6) is 0 Å². The predicted octanol–water partition coefficient (Wildman–Crippen LogP) is -0.0231. The lowest BCUT2D eigenvalue weighted by Crippen LogP contribution is -2.44. The molecule has 8 heteroatoms. The third-order valence-corrected chi connectivity index (χ3v) is 2.66. The Hall–Kier alpha value is -2.61. The number of carbonyl (C=O) groups excluding carboxylic acids is 2. The van der Waals surface area contributed by atoms with Gasteiger partial charge in [-0.2, -0.15) is 0 Å². The number of nitrogens with zero attached hydrogens (tertiary/aromatic N) is 1. The molecular weight excluding hydrogens is 268 g/mol. The van der Waals surface area contributed by atoms with Crippen LogP contribution in [0.25, 0.3) is 0 Å². The van der Waals surface area contributed by atoms with Crippen molar-refractivity contribution in [3.05, 3.63) is 35.9 Å². The molecule has 2 rings (SSSR count).